The first kappa shape index (κ1) is 67.4. The zero-order valence-corrected chi connectivity index (χ0v) is 47.6. The van der Waals surface area contributed by atoms with Crippen LogP contribution in [0.3, 0.4) is 0 Å². The zero-order chi connectivity index (χ0) is 50.5. The number of esters is 3. The minimum Gasteiger partial charge on any atom is -0.462 e. The topological polar surface area (TPSA) is 78.9 Å². The fourth-order valence-corrected chi connectivity index (χ4v) is 9.67. The SMILES string of the molecule is CCC(C)CCCCCCCCCCCCCCCCC(=O)OC[C@@H](COC(=O)CCCCCCCCCCCCCC(C)C)OC(=O)CCCCCCCCCCCCCCCCCCC(C)C. The van der Waals surface area contributed by atoms with Crippen molar-refractivity contribution in [1.29, 1.82) is 0 Å². The third-order valence-corrected chi connectivity index (χ3v) is 14.8. The van der Waals surface area contributed by atoms with Gasteiger partial charge in [-0.05, 0) is 37.0 Å². The summed E-state index contributed by atoms with van der Waals surface area (Å²) in [5.41, 5.74) is 0. The van der Waals surface area contributed by atoms with Gasteiger partial charge in [-0.3, -0.25) is 14.4 Å². The number of rotatable bonds is 56. The summed E-state index contributed by atoms with van der Waals surface area (Å²) in [4.78, 5) is 38.3. The van der Waals surface area contributed by atoms with Crippen LogP contribution in [0.4, 0.5) is 0 Å². The first-order valence-corrected chi connectivity index (χ1v) is 31.1. The monoisotopic (exact) mass is 975 g/mol. The molecule has 0 fully saturated rings. The maximum Gasteiger partial charge on any atom is 0.306 e. The molecular weight excluding hydrogens is 853 g/mol. The van der Waals surface area contributed by atoms with E-state index in [9.17, 15) is 14.4 Å². The molecule has 0 saturated heterocycles. The molecule has 0 aliphatic rings. The van der Waals surface area contributed by atoms with Crippen molar-refractivity contribution < 1.29 is 28.6 Å². The summed E-state index contributed by atoms with van der Waals surface area (Å²) in [5.74, 6) is 1.74. The molecule has 0 aliphatic carbocycles. The lowest BCUT2D eigenvalue weighted by Gasteiger charge is -2.18. The second kappa shape index (κ2) is 54.2. The molecule has 0 aromatic carbocycles. The van der Waals surface area contributed by atoms with Gasteiger partial charge in [-0.1, -0.05) is 311 Å². The van der Waals surface area contributed by atoms with Crippen LogP contribution in [0, 0.1) is 17.8 Å². The first-order valence-electron chi connectivity index (χ1n) is 31.1. The van der Waals surface area contributed by atoms with Crippen molar-refractivity contribution in [2.45, 2.75) is 356 Å². The van der Waals surface area contributed by atoms with Gasteiger partial charge in [0.1, 0.15) is 13.2 Å². The van der Waals surface area contributed by atoms with Crippen molar-refractivity contribution in [2.75, 3.05) is 13.2 Å². The van der Waals surface area contributed by atoms with Gasteiger partial charge >= 0.3 is 17.9 Å². The molecule has 6 nitrogen and oxygen atoms in total. The van der Waals surface area contributed by atoms with Gasteiger partial charge in [0.25, 0.3) is 0 Å². The second-order valence-corrected chi connectivity index (χ2v) is 22.9. The number of hydrogen-bond acceptors (Lipinski definition) is 6. The van der Waals surface area contributed by atoms with E-state index in [-0.39, 0.29) is 31.1 Å². The van der Waals surface area contributed by atoms with Gasteiger partial charge < -0.3 is 14.2 Å². The molecule has 0 heterocycles. The highest BCUT2D eigenvalue weighted by Crippen LogP contribution is 2.19. The summed E-state index contributed by atoms with van der Waals surface area (Å²) < 4.78 is 16.9. The Morgan fingerprint density at radius 3 is 0.754 bits per heavy atom. The standard InChI is InChI=1S/C63H122O6/c1-7-59(6)51-45-39-33-27-21-15-12-13-16-22-28-34-40-46-52-61(64)67-55-60(56-68-62(65)53-47-41-35-29-24-18-20-26-32-38-44-50-58(4)5)69-63(66)54-48-42-36-30-23-17-11-9-8-10-14-19-25-31-37-43-49-57(2)3/h57-60H,7-56H2,1-6H3/t59?,60-/m0/s1. The normalized spacial score (nSPS) is 12.5. The summed E-state index contributed by atoms with van der Waals surface area (Å²) in [6.45, 7) is 13.8. The molecule has 2 atom stereocenters. The average Bonchev–Trinajstić information content (AvgIpc) is 3.32. The average molecular weight is 976 g/mol. The van der Waals surface area contributed by atoms with Gasteiger partial charge in [0.15, 0.2) is 6.10 Å². The highest BCUT2D eigenvalue weighted by molar-refractivity contribution is 5.71. The molecule has 6 heteroatoms. The van der Waals surface area contributed by atoms with Crippen molar-refractivity contribution in [3.8, 4) is 0 Å². The van der Waals surface area contributed by atoms with E-state index in [1.807, 2.05) is 0 Å². The van der Waals surface area contributed by atoms with Gasteiger partial charge in [-0.15, -0.1) is 0 Å². The van der Waals surface area contributed by atoms with E-state index in [1.54, 1.807) is 0 Å². The summed E-state index contributed by atoms with van der Waals surface area (Å²) >= 11 is 0. The van der Waals surface area contributed by atoms with Crippen LogP contribution >= 0.6 is 0 Å². The van der Waals surface area contributed by atoms with Crippen molar-refractivity contribution in [1.82, 2.24) is 0 Å². The number of unbranched alkanes of at least 4 members (excludes halogenated alkanes) is 38. The van der Waals surface area contributed by atoms with Crippen LogP contribution in [0.1, 0.15) is 350 Å². The van der Waals surface area contributed by atoms with Crippen LogP contribution in [0.25, 0.3) is 0 Å². The van der Waals surface area contributed by atoms with Gasteiger partial charge in [-0.2, -0.15) is 0 Å². The van der Waals surface area contributed by atoms with Crippen molar-refractivity contribution in [3.63, 3.8) is 0 Å². The molecule has 0 radical (unpaired) electrons. The van der Waals surface area contributed by atoms with Crippen molar-refractivity contribution in [3.05, 3.63) is 0 Å². The van der Waals surface area contributed by atoms with Gasteiger partial charge in [0, 0.05) is 19.3 Å². The predicted octanol–water partition coefficient (Wildman–Crippen LogP) is 20.7. The fourth-order valence-electron chi connectivity index (χ4n) is 9.67. The highest BCUT2D eigenvalue weighted by atomic mass is 16.6. The first-order chi connectivity index (χ1) is 33.6. The smallest absolute Gasteiger partial charge is 0.306 e. The molecule has 0 aromatic heterocycles. The molecule has 69 heavy (non-hydrogen) atoms. The molecule has 410 valence electrons. The van der Waals surface area contributed by atoms with Crippen LogP contribution in [-0.2, 0) is 28.6 Å². The van der Waals surface area contributed by atoms with E-state index < -0.39 is 6.10 Å². The van der Waals surface area contributed by atoms with Gasteiger partial charge in [-0.25, -0.2) is 0 Å². The molecule has 1 unspecified atom stereocenters. The number of ether oxygens (including phenoxy) is 3. The summed E-state index contributed by atoms with van der Waals surface area (Å²) in [6.07, 6.45) is 58.1. The highest BCUT2D eigenvalue weighted by Gasteiger charge is 2.19. The third-order valence-electron chi connectivity index (χ3n) is 14.8. The molecule has 0 aliphatic heterocycles. The molecule has 0 amide bonds. The Morgan fingerprint density at radius 2 is 0.507 bits per heavy atom. The molecule has 0 N–H and O–H groups in total. The lowest BCUT2D eigenvalue weighted by atomic mass is 9.99. The minimum absolute atomic E-state index is 0.0629. The fraction of sp³-hybridized carbons (Fsp3) is 0.952. The minimum atomic E-state index is -0.764. The van der Waals surface area contributed by atoms with E-state index in [2.05, 4.69) is 41.5 Å². The molecule has 0 spiro atoms. The molecule has 0 rings (SSSR count). The van der Waals surface area contributed by atoms with Crippen LogP contribution in [0.15, 0.2) is 0 Å². The Morgan fingerprint density at radius 1 is 0.290 bits per heavy atom. The van der Waals surface area contributed by atoms with E-state index in [0.717, 1.165) is 75.5 Å². The molecular formula is C63H122O6. The number of carbonyl (C=O) groups is 3. The van der Waals surface area contributed by atoms with Crippen LogP contribution < -0.4 is 0 Å². The number of hydrogen-bond donors (Lipinski definition) is 0. The second-order valence-electron chi connectivity index (χ2n) is 22.9. The Labute approximate surface area is 431 Å². The van der Waals surface area contributed by atoms with E-state index in [0.29, 0.717) is 19.3 Å². The Kier molecular flexibility index (Phi) is 52.9. The lowest BCUT2D eigenvalue weighted by molar-refractivity contribution is -0.167. The van der Waals surface area contributed by atoms with Gasteiger partial charge in [0.05, 0.1) is 0 Å². The van der Waals surface area contributed by atoms with Gasteiger partial charge in [0.2, 0.25) is 0 Å². The zero-order valence-electron chi connectivity index (χ0n) is 47.6. The lowest BCUT2D eigenvalue weighted by Crippen LogP contribution is -2.30. The maximum absolute atomic E-state index is 12.9. The Balaban J connectivity index is 4.29. The number of carbonyl (C=O) groups excluding carboxylic acids is 3. The Bertz CT molecular complexity index is 1070. The third kappa shape index (κ3) is 55.6. The maximum atomic E-state index is 12.9. The Hall–Kier alpha value is -1.59. The summed E-state index contributed by atoms with van der Waals surface area (Å²) in [7, 11) is 0. The van der Waals surface area contributed by atoms with Crippen LogP contribution in [0.5, 0.6) is 0 Å². The van der Waals surface area contributed by atoms with Crippen molar-refractivity contribution in [2.24, 2.45) is 17.8 Å². The molecule has 0 aromatic rings. The molecule has 0 saturated carbocycles. The van der Waals surface area contributed by atoms with E-state index in [1.165, 1.54) is 231 Å². The van der Waals surface area contributed by atoms with Crippen molar-refractivity contribution >= 4 is 17.9 Å². The van der Waals surface area contributed by atoms with Crippen LogP contribution in [-0.4, -0.2) is 37.2 Å². The van der Waals surface area contributed by atoms with Crippen LogP contribution in [0.2, 0.25) is 0 Å². The molecule has 0 bridgehead atoms. The summed E-state index contributed by atoms with van der Waals surface area (Å²) in [5, 5.41) is 0. The van der Waals surface area contributed by atoms with E-state index in [4.69, 9.17) is 14.2 Å². The van der Waals surface area contributed by atoms with E-state index >= 15 is 0 Å². The quantitative estimate of drug-likeness (QED) is 0.0343. The predicted molar refractivity (Wildman–Crippen MR) is 298 cm³/mol. The summed E-state index contributed by atoms with van der Waals surface area (Å²) in [6, 6.07) is 0. The largest absolute Gasteiger partial charge is 0.462 e.